The second-order valence-electron chi connectivity index (χ2n) is 4.45. The molecule has 0 aromatic heterocycles. The first-order valence-electron chi connectivity index (χ1n) is 6.26. The fraction of sp³-hybridized carbons (Fsp3) is 0.462. The lowest BCUT2D eigenvalue weighted by Crippen LogP contribution is -2.56. The van der Waals surface area contributed by atoms with Gasteiger partial charge >= 0.3 is 0 Å². The molecule has 6 nitrogen and oxygen atoms in total. The van der Waals surface area contributed by atoms with E-state index in [1.54, 1.807) is 23.1 Å². The van der Waals surface area contributed by atoms with Crippen LogP contribution < -0.4 is 15.8 Å². The minimum Gasteiger partial charge on any atom is -0.504 e. The van der Waals surface area contributed by atoms with Gasteiger partial charge in [0.15, 0.2) is 11.5 Å². The lowest BCUT2D eigenvalue weighted by molar-refractivity contribution is 0.0641. The van der Waals surface area contributed by atoms with Crippen LogP contribution in [0, 0.1) is 0 Å². The van der Waals surface area contributed by atoms with Crippen molar-refractivity contribution in [2.45, 2.75) is 6.04 Å². The number of amides is 1. The van der Waals surface area contributed by atoms with Crippen molar-refractivity contribution in [1.82, 2.24) is 10.2 Å². The first-order chi connectivity index (χ1) is 9.19. The van der Waals surface area contributed by atoms with Gasteiger partial charge < -0.3 is 25.8 Å². The number of ether oxygens (including phenoxy) is 1. The van der Waals surface area contributed by atoms with Gasteiger partial charge in [0, 0.05) is 26.2 Å². The number of rotatable bonds is 3. The molecule has 1 unspecified atom stereocenters. The Hall–Kier alpha value is -1.79. The number of para-hydroxylation sites is 1. The number of carbonyl (C=O) groups is 1. The molecule has 104 valence electrons. The van der Waals surface area contributed by atoms with E-state index in [1.165, 1.54) is 7.11 Å². The molecule has 1 amide bonds. The number of aromatic hydroxyl groups is 1. The SMILES string of the molecule is COc1cccc(C(=O)N2CCNCC2CN)c1O. The first kappa shape index (κ1) is 13.6. The quantitative estimate of drug-likeness (QED) is 0.703. The van der Waals surface area contributed by atoms with E-state index < -0.39 is 0 Å². The van der Waals surface area contributed by atoms with Crippen LogP contribution in [-0.4, -0.2) is 55.2 Å². The number of hydrogen-bond acceptors (Lipinski definition) is 5. The van der Waals surface area contributed by atoms with Crippen LogP contribution in [0.25, 0.3) is 0 Å². The Morgan fingerprint density at radius 3 is 3.11 bits per heavy atom. The number of phenolic OH excluding ortho intramolecular Hbond substituents is 1. The molecule has 0 radical (unpaired) electrons. The third kappa shape index (κ3) is 2.64. The van der Waals surface area contributed by atoms with Crippen molar-refractivity contribution >= 4 is 5.91 Å². The van der Waals surface area contributed by atoms with Crippen molar-refractivity contribution in [2.75, 3.05) is 33.3 Å². The lowest BCUT2D eigenvalue weighted by Gasteiger charge is -2.35. The third-order valence-electron chi connectivity index (χ3n) is 3.33. The van der Waals surface area contributed by atoms with Crippen LogP contribution in [-0.2, 0) is 0 Å². The molecular formula is C13H19N3O3. The van der Waals surface area contributed by atoms with E-state index >= 15 is 0 Å². The number of carbonyl (C=O) groups excluding carboxylic acids is 1. The molecule has 1 fully saturated rings. The number of nitrogens with one attached hydrogen (secondary N) is 1. The highest BCUT2D eigenvalue weighted by molar-refractivity contribution is 5.98. The summed E-state index contributed by atoms with van der Waals surface area (Å²) in [4.78, 5) is 14.2. The second kappa shape index (κ2) is 5.90. The van der Waals surface area contributed by atoms with Gasteiger partial charge in [0.1, 0.15) is 0 Å². The molecule has 0 spiro atoms. The van der Waals surface area contributed by atoms with Gasteiger partial charge in [-0.3, -0.25) is 4.79 Å². The van der Waals surface area contributed by atoms with Gasteiger partial charge in [-0.1, -0.05) is 6.07 Å². The van der Waals surface area contributed by atoms with E-state index in [0.717, 1.165) is 6.54 Å². The predicted molar refractivity (Wildman–Crippen MR) is 71.4 cm³/mol. The zero-order chi connectivity index (χ0) is 13.8. The highest BCUT2D eigenvalue weighted by atomic mass is 16.5. The number of benzene rings is 1. The topological polar surface area (TPSA) is 87.8 Å². The summed E-state index contributed by atoms with van der Waals surface area (Å²) in [6, 6.07) is 4.85. The highest BCUT2D eigenvalue weighted by Crippen LogP contribution is 2.30. The van der Waals surface area contributed by atoms with Gasteiger partial charge in [-0.15, -0.1) is 0 Å². The normalized spacial score (nSPS) is 19.3. The fourth-order valence-corrected chi connectivity index (χ4v) is 2.25. The lowest BCUT2D eigenvalue weighted by atomic mass is 10.1. The fourth-order valence-electron chi connectivity index (χ4n) is 2.25. The first-order valence-corrected chi connectivity index (χ1v) is 6.26. The summed E-state index contributed by atoms with van der Waals surface area (Å²) in [5, 5.41) is 13.2. The van der Waals surface area contributed by atoms with Crippen molar-refractivity contribution in [3.05, 3.63) is 23.8 Å². The summed E-state index contributed by atoms with van der Waals surface area (Å²) in [6.45, 7) is 2.38. The molecule has 0 bridgehead atoms. The second-order valence-corrected chi connectivity index (χ2v) is 4.45. The molecule has 1 aliphatic rings. The molecule has 1 atom stereocenters. The Kier molecular flexibility index (Phi) is 4.24. The van der Waals surface area contributed by atoms with Crippen LogP contribution >= 0.6 is 0 Å². The molecule has 4 N–H and O–H groups in total. The molecule has 2 rings (SSSR count). The molecule has 1 saturated heterocycles. The number of phenols is 1. The Morgan fingerprint density at radius 2 is 2.42 bits per heavy atom. The highest BCUT2D eigenvalue weighted by Gasteiger charge is 2.28. The number of hydrogen-bond donors (Lipinski definition) is 3. The van der Waals surface area contributed by atoms with Gasteiger partial charge in [-0.2, -0.15) is 0 Å². The van der Waals surface area contributed by atoms with Gasteiger partial charge in [0.2, 0.25) is 0 Å². The van der Waals surface area contributed by atoms with E-state index in [9.17, 15) is 9.90 Å². The van der Waals surface area contributed by atoms with Gasteiger partial charge in [0.25, 0.3) is 5.91 Å². The zero-order valence-corrected chi connectivity index (χ0v) is 10.9. The van der Waals surface area contributed by atoms with Crippen molar-refractivity contribution in [3.8, 4) is 11.5 Å². The van der Waals surface area contributed by atoms with Crippen molar-refractivity contribution in [2.24, 2.45) is 5.73 Å². The van der Waals surface area contributed by atoms with E-state index in [4.69, 9.17) is 10.5 Å². The minimum absolute atomic E-state index is 0.0492. The predicted octanol–water partition coefficient (Wildman–Crippen LogP) is -0.226. The molecule has 6 heteroatoms. The molecule has 1 aromatic carbocycles. The summed E-state index contributed by atoms with van der Waals surface area (Å²) >= 11 is 0. The zero-order valence-electron chi connectivity index (χ0n) is 10.9. The molecule has 1 aliphatic heterocycles. The van der Waals surface area contributed by atoms with Crippen LogP contribution in [0.4, 0.5) is 0 Å². The van der Waals surface area contributed by atoms with Gasteiger partial charge in [-0.25, -0.2) is 0 Å². The van der Waals surface area contributed by atoms with E-state index in [-0.39, 0.29) is 23.3 Å². The van der Waals surface area contributed by atoms with E-state index in [1.807, 2.05) is 0 Å². The largest absolute Gasteiger partial charge is 0.504 e. The summed E-state index contributed by atoms with van der Waals surface area (Å²) in [5.41, 5.74) is 5.93. The smallest absolute Gasteiger partial charge is 0.258 e. The maximum absolute atomic E-state index is 12.5. The van der Waals surface area contributed by atoms with Crippen LogP contribution in [0.15, 0.2) is 18.2 Å². The molecule has 19 heavy (non-hydrogen) atoms. The average Bonchev–Trinajstić information content (AvgIpc) is 2.46. The van der Waals surface area contributed by atoms with Gasteiger partial charge in [0.05, 0.1) is 18.7 Å². The summed E-state index contributed by atoms with van der Waals surface area (Å²) in [7, 11) is 1.46. The summed E-state index contributed by atoms with van der Waals surface area (Å²) in [6.07, 6.45) is 0. The standard InChI is InChI=1S/C13H19N3O3/c1-19-11-4-2-3-10(12(11)17)13(18)16-6-5-15-8-9(16)7-14/h2-4,9,15,17H,5-8,14H2,1H3. The van der Waals surface area contributed by atoms with Crippen LogP contribution in [0.2, 0.25) is 0 Å². The van der Waals surface area contributed by atoms with Crippen molar-refractivity contribution in [1.29, 1.82) is 0 Å². The molecular weight excluding hydrogens is 246 g/mol. The molecule has 1 heterocycles. The summed E-state index contributed by atoms with van der Waals surface area (Å²) < 4.78 is 5.02. The maximum atomic E-state index is 12.5. The Labute approximate surface area is 112 Å². The Bertz CT molecular complexity index is 464. The van der Waals surface area contributed by atoms with Crippen LogP contribution in [0.3, 0.4) is 0 Å². The number of piperazine rings is 1. The maximum Gasteiger partial charge on any atom is 0.258 e. The molecule has 0 saturated carbocycles. The Morgan fingerprint density at radius 1 is 1.63 bits per heavy atom. The molecule has 1 aromatic rings. The van der Waals surface area contributed by atoms with Crippen molar-refractivity contribution < 1.29 is 14.6 Å². The number of nitrogens with zero attached hydrogens (tertiary/aromatic N) is 1. The monoisotopic (exact) mass is 265 g/mol. The average molecular weight is 265 g/mol. The van der Waals surface area contributed by atoms with Crippen LogP contribution in [0.5, 0.6) is 11.5 Å². The van der Waals surface area contributed by atoms with Crippen molar-refractivity contribution in [3.63, 3.8) is 0 Å². The third-order valence-corrected chi connectivity index (χ3v) is 3.33. The Balaban J connectivity index is 2.28. The van der Waals surface area contributed by atoms with Crippen LogP contribution in [0.1, 0.15) is 10.4 Å². The minimum atomic E-state index is -0.214. The van der Waals surface area contributed by atoms with Gasteiger partial charge in [-0.05, 0) is 12.1 Å². The van der Waals surface area contributed by atoms with E-state index in [2.05, 4.69) is 5.32 Å². The summed E-state index contributed by atoms with van der Waals surface area (Å²) in [5.74, 6) is -0.0389. The molecule has 0 aliphatic carbocycles. The number of methoxy groups -OCH3 is 1. The number of nitrogens with two attached hydrogens (primary N) is 1. The van der Waals surface area contributed by atoms with E-state index in [0.29, 0.717) is 25.4 Å².